The Bertz CT molecular complexity index is 497. The average Bonchev–Trinajstić information content (AvgIpc) is 2.88. The molecule has 1 aliphatic rings. The third kappa shape index (κ3) is 3.65. The monoisotopic (exact) mass is 294 g/mol. The molecule has 0 aromatic carbocycles. The summed E-state index contributed by atoms with van der Waals surface area (Å²) >= 11 is 0. The van der Waals surface area contributed by atoms with Crippen molar-refractivity contribution in [2.45, 2.75) is 58.8 Å². The minimum absolute atomic E-state index is 0.256. The first-order valence-corrected chi connectivity index (χ1v) is 7.23. The number of esters is 1. The van der Waals surface area contributed by atoms with Crippen molar-refractivity contribution in [3.05, 3.63) is 12.4 Å². The second kappa shape index (κ2) is 5.81. The lowest BCUT2D eigenvalue weighted by Gasteiger charge is -2.32. The number of hydrogen-bond acceptors (Lipinski definition) is 5. The average molecular weight is 294 g/mol. The van der Waals surface area contributed by atoms with Crippen LogP contribution in [0.15, 0.2) is 12.4 Å². The van der Waals surface area contributed by atoms with Gasteiger partial charge in [-0.05, 0) is 27.7 Å². The van der Waals surface area contributed by atoms with Crippen LogP contribution in [0, 0.1) is 0 Å². The van der Waals surface area contributed by atoms with Crippen molar-refractivity contribution in [3.63, 3.8) is 0 Å². The van der Waals surface area contributed by atoms with Gasteiger partial charge in [-0.3, -0.25) is 9.48 Å². The fourth-order valence-corrected chi connectivity index (χ4v) is 2.05. The highest BCUT2D eigenvalue weighted by Crippen LogP contribution is 2.36. The van der Waals surface area contributed by atoms with E-state index in [1.165, 1.54) is 6.92 Å². The summed E-state index contributed by atoms with van der Waals surface area (Å²) in [7, 11) is -0.391. The summed E-state index contributed by atoms with van der Waals surface area (Å²) in [6, 6.07) is 0. The van der Waals surface area contributed by atoms with E-state index in [-0.39, 0.29) is 17.2 Å². The maximum absolute atomic E-state index is 10.7. The van der Waals surface area contributed by atoms with E-state index in [1.54, 1.807) is 6.20 Å². The van der Waals surface area contributed by atoms with Crippen LogP contribution in [0.5, 0.6) is 0 Å². The molecule has 116 valence electrons. The van der Waals surface area contributed by atoms with Crippen LogP contribution < -0.4 is 5.46 Å². The highest BCUT2D eigenvalue weighted by atomic mass is 16.7. The Kier molecular flexibility index (Phi) is 4.44. The maximum atomic E-state index is 10.7. The lowest BCUT2D eigenvalue weighted by atomic mass is 9.82. The van der Waals surface area contributed by atoms with Crippen LogP contribution in [0.1, 0.15) is 41.0 Å². The normalized spacial score (nSPS) is 19.8. The minimum atomic E-state index is -0.391. The Hall–Kier alpha value is -1.34. The molecule has 21 heavy (non-hydrogen) atoms. The quantitative estimate of drug-likeness (QED) is 0.463. The molecule has 0 N–H and O–H groups in total. The topological polar surface area (TPSA) is 62.6 Å². The second-order valence-corrected chi connectivity index (χ2v) is 6.32. The zero-order chi connectivity index (χ0) is 15.7. The van der Waals surface area contributed by atoms with Crippen LogP contribution in [0.25, 0.3) is 0 Å². The number of carbonyl (C=O) groups excluding carboxylic acids is 1. The largest absolute Gasteiger partial charge is 0.498 e. The molecule has 2 heterocycles. The van der Waals surface area contributed by atoms with Gasteiger partial charge in [0.05, 0.1) is 17.8 Å². The molecule has 6 nitrogen and oxygen atoms in total. The molecule has 1 aromatic heterocycles. The molecule has 0 amide bonds. The summed E-state index contributed by atoms with van der Waals surface area (Å²) in [6.45, 7) is 10.6. The van der Waals surface area contributed by atoms with Gasteiger partial charge in [0.25, 0.3) is 0 Å². The number of hydrogen-bond donors (Lipinski definition) is 0. The molecular formula is C14H23BN2O4. The van der Waals surface area contributed by atoms with Crippen molar-refractivity contribution in [1.29, 1.82) is 0 Å². The van der Waals surface area contributed by atoms with E-state index in [1.807, 2.05) is 38.6 Å². The molecule has 0 saturated carbocycles. The van der Waals surface area contributed by atoms with Gasteiger partial charge in [-0.15, -0.1) is 0 Å². The highest BCUT2D eigenvalue weighted by molar-refractivity contribution is 6.61. The predicted molar refractivity (Wildman–Crippen MR) is 79.2 cm³/mol. The highest BCUT2D eigenvalue weighted by Gasteiger charge is 2.52. The third-order valence-electron chi connectivity index (χ3n) is 4.02. The van der Waals surface area contributed by atoms with Crippen molar-refractivity contribution in [2.75, 3.05) is 6.61 Å². The number of aryl methyl sites for hydroxylation is 1. The Morgan fingerprint density at radius 1 is 1.33 bits per heavy atom. The Morgan fingerprint density at radius 3 is 2.52 bits per heavy atom. The Labute approximate surface area is 125 Å². The van der Waals surface area contributed by atoms with E-state index >= 15 is 0 Å². The van der Waals surface area contributed by atoms with Crippen molar-refractivity contribution >= 4 is 18.6 Å². The lowest BCUT2D eigenvalue weighted by molar-refractivity contribution is -0.141. The van der Waals surface area contributed by atoms with Gasteiger partial charge in [-0.25, -0.2) is 0 Å². The molecule has 7 heteroatoms. The molecule has 0 radical (unpaired) electrons. The number of aromatic nitrogens is 2. The van der Waals surface area contributed by atoms with Crippen molar-refractivity contribution in [3.8, 4) is 0 Å². The van der Waals surface area contributed by atoms with Crippen molar-refractivity contribution in [1.82, 2.24) is 9.78 Å². The fraction of sp³-hybridized carbons (Fsp3) is 0.714. The number of nitrogens with zero attached hydrogens (tertiary/aromatic N) is 2. The molecule has 0 bridgehead atoms. The van der Waals surface area contributed by atoms with E-state index in [4.69, 9.17) is 14.0 Å². The number of ether oxygens (including phenoxy) is 1. The first-order valence-electron chi connectivity index (χ1n) is 7.23. The maximum Gasteiger partial charge on any atom is 0.498 e. The van der Waals surface area contributed by atoms with E-state index in [9.17, 15) is 4.79 Å². The summed E-state index contributed by atoms with van der Waals surface area (Å²) in [6.07, 6.45) is 4.40. The first kappa shape index (κ1) is 16.0. The van der Waals surface area contributed by atoms with E-state index in [0.29, 0.717) is 13.2 Å². The van der Waals surface area contributed by atoms with Crippen LogP contribution >= 0.6 is 0 Å². The summed E-state index contributed by atoms with van der Waals surface area (Å²) in [5.41, 5.74) is 0.200. The third-order valence-corrected chi connectivity index (χ3v) is 4.02. The van der Waals surface area contributed by atoms with Gasteiger partial charge in [0, 0.05) is 37.7 Å². The van der Waals surface area contributed by atoms with Gasteiger partial charge in [0.1, 0.15) is 0 Å². The number of carbonyl (C=O) groups is 1. The molecule has 1 aromatic rings. The van der Waals surface area contributed by atoms with E-state index < -0.39 is 7.12 Å². The summed E-state index contributed by atoms with van der Waals surface area (Å²) in [4.78, 5) is 10.7. The number of rotatable bonds is 5. The Morgan fingerprint density at radius 2 is 1.95 bits per heavy atom. The fourth-order valence-electron chi connectivity index (χ4n) is 2.05. The SMILES string of the molecule is CC(=O)OCCCn1cc(B2OC(C)(C)C(C)(C)O2)cn1. The van der Waals surface area contributed by atoms with Gasteiger partial charge in [-0.2, -0.15) is 5.10 Å². The predicted octanol–water partition coefficient (Wildman–Crippen LogP) is 1.14. The molecule has 1 aliphatic heterocycles. The molecule has 1 saturated heterocycles. The summed E-state index contributed by atoms with van der Waals surface area (Å²) in [5, 5.41) is 4.29. The summed E-state index contributed by atoms with van der Waals surface area (Å²) in [5.74, 6) is -0.256. The minimum Gasteiger partial charge on any atom is -0.466 e. The molecule has 0 spiro atoms. The van der Waals surface area contributed by atoms with Crippen LogP contribution in [0.4, 0.5) is 0 Å². The standard InChI is InChI=1S/C14H23BN2O4/c1-11(18)19-8-6-7-17-10-12(9-16-17)15-20-13(2,3)14(4,5)21-15/h9-10H,6-8H2,1-5H3. The molecule has 1 fully saturated rings. The molecular weight excluding hydrogens is 271 g/mol. The van der Waals surface area contributed by atoms with Gasteiger partial charge >= 0.3 is 13.1 Å². The van der Waals surface area contributed by atoms with Gasteiger partial charge < -0.3 is 14.0 Å². The lowest BCUT2D eigenvalue weighted by Crippen LogP contribution is -2.41. The van der Waals surface area contributed by atoms with E-state index in [2.05, 4.69) is 5.10 Å². The second-order valence-electron chi connectivity index (χ2n) is 6.32. The van der Waals surface area contributed by atoms with Crippen LogP contribution in [0.2, 0.25) is 0 Å². The zero-order valence-corrected chi connectivity index (χ0v) is 13.4. The van der Waals surface area contributed by atoms with Gasteiger partial charge in [0.15, 0.2) is 0 Å². The Balaban J connectivity index is 1.91. The molecule has 0 atom stereocenters. The molecule has 0 unspecified atom stereocenters. The first-order chi connectivity index (χ1) is 9.71. The van der Waals surface area contributed by atoms with Gasteiger partial charge in [0.2, 0.25) is 0 Å². The summed E-state index contributed by atoms with van der Waals surface area (Å²) < 4.78 is 18.7. The van der Waals surface area contributed by atoms with Gasteiger partial charge in [-0.1, -0.05) is 0 Å². The van der Waals surface area contributed by atoms with Crippen molar-refractivity contribution in [2.24, 2.45) is 0 Å². The smallest absolute Gasteiger partial charge is 0.466 e. The van der Waals surface area contributed by atoms with Crippen molar-refractivity contribution < 1.29 is 18.8 Å². The van der Waals surface area contributed by atoms with Crippen LogP contribution in [-0.2, 0) is 25.4 Å². The molecule has 2 rings (SSSR count). The van der Waals surface area contributed by atoms with Crippen LogP contribution in [-0.4, -0.2) is 40.7 Å². The molecule has 0 aliphatic carbocycles. The van der Waals surface area contributed by atoms with E-state index in [0.717, 1.165) is 11.9 Å². The zero-order valence-electron chi connectivity index (χ0n) is 13.4. The van der Waals surface area contributed by atoms with Crippen LogP contribution in [0.3, 0.4) is 0 Å².